The molecular formula is C18H26N2O6. The number of carboxylic acids is 1. The van der Waals surface area contributed by atoms with Crippen molar-refractivity contribution >= 4 is 18.0 Å². The van der Waals surface area contributed by atoms with Gasteiger partial charge in [0.2, 0.25) is 5.91 Å². The fraction of sp³-hybridized carbons (Fsp3) is 0.500. The number of alkyl carbamates (subject to hydrolysis) is 1. The highest BCUT2D eigenvalue weighted by Gasteiger charge is 2.30. The Kier molecular flexibility index (Phi) is 7.57. The van der Waals surface area contributed by atoms with Crippen LogP contribution < -0.4 is 10.6 Å². The molecule has 0 saturated carbocycles. The van der Waals surface area contributed by atoms with Crippen molar-refractivity contribution in [3.05, 3.63) is 35.9 Å². The van der Waals surface area contributed by atoms with E-state index >= 15 is 0 Å². The molecule has 0 bridgehead atoms. The smallest absolute Gasteiger partial charge is 0.408 e. The van der Waals surface area contributed by atoms with Crippen LogP contribution in [0.25, 0.3) is 0 Å². The average Bonchev–Trinajstić information content (AvgIpc) is 2.50. The normalized spacial score (nSPS) is 14.7. The van der Waals surface area contributed by atoms with Crippen molar-refractivity contribution in [1.29, 1.82) is 0 Å². The zero-order valence-corrected chi connectivity index (χ0v) is 15.4. The van der Waals surface area contributed by atoms with E-state index in [0.29, 0.717) is 0 Å². The summed E-state index contributed by atoms with van der Waals surface area (Å²) in [4.78, 5) is 35.7. The quantitative estimate of drug-likeness (QED) is 0.572. The van der Waals surface area contributed by atoms with Gasteiger partial charge in [0.05, 0.1) is 6.10 Å². The number of aliphatic hydroxyl groups is 1. The highest BCUT2D eigenvalue weighted by atomic mass is 16.6. The molecule has 1 rings (SSSR count). The highest BCUT2D eigenvalue weighted by Crippen LogP contribution is 2.09. The van der Waals surface area contributed by atoms with E-state index < -0.39 is 41.8 Å². The number of carbonyl (C=O) groups is 3. The summed E-state index contributed by atoms with van der Waals surface area (Å²) in [6.07, 6.45) is -1.95. The standard InChI is InChI=1S/C18H26N2O6/c1-11(21)14(16(23)24)20-15(22)13(10-12-8-6-5-7-9-12)19-17(25)26-18(2,3)4/h5-9,11,13-14,21H,10H2,1-4H3,(H,19,25)(H,20,22)(H,23,24)/t11-,13-,14-/m1/s1. The van der Waals surface area contributed by atoms with Gasteiger partial charge in [0, 0.05) is 6.42 Å². The number of benzene rings is 1. The number of nitrogens with one attached hydrogen (secondary N) is 2. The van der Waals surface area contributed by atoms with Crippen molar-refractivity contribution in [2.45, 2.75) is 57.9 Å². The lowest BCUT2D eigenvalue weighted by atomic mass is 10.0. The summed E-state index contributed by atoms with van der Waals surface area (Å²) in [6, 6.07) is 6.39. The first-order valence-corrected chi connectivity index (χ1v) is 8.24. The summed E-state index contributed by atoms with van der Waals surface area (Å²) in [6.45, 7) is 6.32. The predicted molar refractivity (Wildman–Crippen MR) is 94.6 cm³/mol. The molecule has 144 valence electrons. The van der Waals surface area contributed by atoms with Crippen LogP contribution in [0.2, 0.25) is 0 Å². The first kappa shape index (κ1) is 21.4. The Morgan fingerprint density at radius 1 is 1.12 bits per heavy atom. The third-order valence-corrected chi connectivity index (χ3v) is 3.34. The minimum absolute atomic E-state index is 0.137. The zero-order valence-electron chi connectivity index (χ0n) is 15.4. The molecule has 1 aromatic carbocycles. The Morgan fingerprint density at radius 2 is 1.69 bits per heavy atom. The molecule has 0 unspecified atom stereocenters. The molecular weight excluding hydrogens is 340 g/mol. The van der Waals surface area contributed by atoms with Crippen LogP contribution in [0.1, 0.15) is 33.3 Å². The molecule has 0 aromatic heterocycles. The number of hydrogen-bond acceptors (Lipinski definition) is 5. The number of carbonyl (C=O) groups excluding carboxylic acids is 2. The first-order chi connectivity index (χ1) is 12.0. The van der Waals surface area contributed by atoms with Crippen molar-refractivity contribution in [2.24, 2.45) is 0 Å². The molecule has 0 aliphatic heterocycles. The van der Waals surface area contributed by atoms with Gasteiger partial charge in [-0.15, -0.1) is 0 Å². The van der Waals surface area contributed by atoms with Gasteiger partial charge in [-0.1, -0.05) is 30.3 Å². The maximum absolute atomic E-state index is 12.5. The highest BCUT2D eigenvalue weighted by molar-refractivity contribution is 5.89. The van der Waals surface area contributed by atoms with Crippen LogP contribution in [-0.4, -0.2) is 52.0 Å². The van der Waals surface area contributed by atoms with E-state index in [2.05, 4.69) is 10.6 Å². The Hall–Kier alpha value is -2.61. The summed E-state index contributed by atoms with van der Waals surface area (Å²) >= 11 is 0. The number of ether oxygens (including phenoxy) is 1. The van der Waals surface area contributed by atoms with Crippen LogP contribution in [0.4, 0.5) is 4.79 Å². The van der Waals surface area contributed by atoms with E-state index in [1.807, 2.05) is 6.07 Å². The summed E-state index contributed by atoms with van der Waals surface area (Å²) in [5.74, 6) is -2.10. The van der Waals surface area contributed by atoms with Crippen LogP contribution in [-0.2, 0) is 20.7 Å². The Morgan fingerprint density at radius 3 is 2.15 bits per heavy atom. The second kappa shape index (κ2) is 9.19. The van der Waals surface area contributed by atoms with Gasteiger partial charge in [0.25, 0.3) is 0 Å². The maximum atomic E-state index is 12.5. The van der Waals surface area contributed by atoms with Gasteiger partial charge in [-0.2, -0.15) is 0 Å². The average molecular weight is 366 g/mol. The minimum Gasteiger partial charge on any atom is -0.480 e. The lowest BCUT2D eigenvalue weighted by molar-refractivity contribution is -0.145. The van der Waals surface area contributed by atoms with Crippen molar-refractivity contribution in [1.82, 2.24) is 10.6 Å². The zero-order chi connectivity index (χ0) is 19.9. The molecule has 2 amide bonds. The molecule has 8 heteroatoms. The summed E-state index contributed by atoms with van der Waals surface area (Å²) in [5.41, 5.74) is 0.0220. The largest absolute Gasteiger partial charge is 0.480 e. The minimum atomic E-state index is -1.48. The molecule has 26 heavy (non-hydrogen) atoms. The number of aliphatic carboxylic acids is 1. The fourth-order valence-corrected chi connectivity index (χ4v) is 2.15. The number of hydrogen-bond donors (Lipinski definition) is 4. The van der Waals surface area contributed by atoms with Gasteiger partial charge in [0.15, 0.2) is 6.04 Å². The van der Waals surface area contributed by atoms with Crippen LogP contribution in [0.5, 0.6) is 0 Å². The van der Waals surface area contributed by atoms with E-state index in [0.717, 1.165) is 5.56 Å². The molecule has 0 aliphatic rings. The van der Waals surface area contributed by atoms with Crippen molar-refractivity contribution in [3.63, 3.8) is 0 Å². The molecule has 0 aliphatic carbocycles. The predicted octanol–water partition coefficient (Wildman–Crippen LogP) is 1.07. The van der Waals surface area contributed by atoms with Crippen molar-refractivity contribution in [2.75, 3.05) is 0 Å². The molecule has 0 fully saturated rings. The summed E-state index contributed by atoms with van der Waals surface area (Å²) in [5, 5.41) is 23.3. The monoisotopic (exact) mass is 366 g/mol. The summed E-state index contributed by atoms with van der Waals surface area (Å²) < 4.78 is 5.16. The van der Waals surface area contributed by atoms with Crippen molar-refractivity contribution < 1.29 is 29.3 Å². The molecule has 0 heterocycles. The molecule has 0 saturated heterocycles. The van der Waals surface area contributed by atoms with E-state index in [1.54, 1.807) is 45.0 Å². The third-order valence-electron chi connectivity index (χ3n) is 3.34. The van der Waals surface area contributed by atoms with Gasteiger partial charge in [-0.3, -0.25) is 4.79 Å². The van der Waals surface area contributed by atoms with E-state index in [9.17, 15) is 19.5 Å². The first-order valence-electron chi connectivity index (χ1n) is 8.24. The van der Waals surface area contributed by atoms with E-state index in [-0.39, 0.29) is 6.42 Å². The molecule has 4 N–H and O–H groups in total. The molecule has 3 atom stereocenters. The van der Waals surface area contributed by atoms with Crippen LogP contribution in [0, 0.1) is 0 Å². The third kappa shape index (κ3) is 7.52. The number of amides is 2. The van der Waals surface area contributed by atoms with E-state index in [4.69, 9.17) is 9.84 Å². The topological polar surface area (TPSA) is 125 Å². The van der Waals surface area contributed by atoms with Gasteiger partial charge < -0.3 is 25.6 Å². The van der Waals surface area contributed by atoms with Gasteiger partial charge >= 0.3 is 12.1 Å². The molecule has 8 nitrogen and oxygen atoms in total. The van der Waals surface area contributed by atoms with Gasteiger partial charge in [-0.05, 0) is 33.3 Å². The number of carboxylic acid groups (broad SMARTS) is 1. The van der Waals surface area contributed by atoms with Gasteiger partial charge in [0.1, 0.15) is 11.6 Å². The Labute approximate surface area is 152 Å². The van der Waals surface area contributed by atoms with E-state index in [1.165, 1.54) is 6.92 Å². The molecule has 0 spiro atoms. The van der Waals surface area contributed by atoms with Crippen LogP contribution in [0.3, 0.4) is 0 Å². The Bertz CT molecular complexity index is 624. The SMILES string of the molecule is C[C@@H](O)[C@@H](NC(=O)[C@@H](Cc1ccccc1)NC(=O)OC(C)(C)C)C(=O)O. The lowest BCUT2D eigenvalue weighted by Crippen LogP contribution is -2.55. The Balaban J connectivity index is 2.93. The van der Waals surface area contributed by atoms with Crippen molar-refractivity contribution in [3.8, 4) is 0 Å². The second-order valence-corrected chi connectivity index (χ2v) is 6.95. The van der Waals surface area contributed by atoms with Crippen LogP contribution in [0.15, 0.2) is 30.3 Å². The maximum Gasteiger partial charge on any atom is 0.408 e. The lowest BCUT2D eigenvalue weighted by Gasteiger charge is -2.25. The fourth-order valence-electron chi connectivity index (χ4n) is 2.15. The number of aliphatic hydroxyl groups excluding tert-OH is 1. The molecule has 1 aromatic rings. The summed E-state index contributed by atoms with van der Waals surface area (Å²) in [7, 11) is 0. The van der Waals surface area contributed by atoms with Gasteiger partial charge in [-0.25, -0.2) is 9.59 Å². The second-order valence-electron chi connectivity index (χ2n) is 6.95. The number of rotatable bonds is 7. The van der Waals surface area contributed by atoms with Crippen LogP contribution >= 0.6 is 0 Å². The molecule has 0 radical (unpaired) electrons.